The van der Waals surface area contributed by atoms with Gasteiger partial charge in [-0.3, -0.25) is 0 Å². The summed E-state index contributed by atoms with van der Waals surface area (Å²) in [5.74, 6) is 0.567. The van der Waals surface area contributed by atoms with Gasteiger partial charge in [0.25, 0.3) is 0 Å². The van der Waals surface area contributed by atoms with Crippen LogP contribution in [0.25, 0.3) is 0 Å². The van der Waals surface area contributed by atoms with Crippen LogP contribution in [-0.2, 0) is 0 Å². The highest BCUT2D eigenvalue weighted by atomic mass is 15.0. The zero-order chi connectivity index (χ0) is 16.3. The smallest absolute Gasteiger partial charge is 0.0656 e. The van der Waals surface area contributed by atoms with Crippen LogP contribution in [0.4, 0.5) is 0 Å². The van der Waals surface area contributed by atoms with Crippen molar-refractivity contribution in [1.82, 2.24) is 10.6 Å². The van der Waals surface area contributed by atoms with Crippen molar-refractivity contribution in [1.29, 1.82) is 0 Å². The van der Waals surface area contributed by atoms with E-state index in [4.69, 9.17) is 0 Å². The van der Waals surface area contributed by atoms with E-state index in [-0.39, 0.29) is 6.04 Å². The standard InChI is InChI=1S/C19H32N2/c1-8-11-18(14-13-16(6)15(4)5)21-19(12-9-2)17(7)20-10-3/h8,10-11,13-15,19-21H,3,7,9,12H2,1-2,4-6H3/b11-8-,16-13+,18-14+. The molecule has 0 aromatic carbocycles. The molecule has 0 aromatic heterocycles. The van der Waals surface area contributed by atoms with Crippen molar-refractivity contribution in [2.24, 2.45) is 5.92 Å². The predicted molar refractivity (Wildman–Crippen MR) is 95.8 cm³/mol. The normalized spacial score (nSPS) is 14.4. The molecule has 0 aromatic rings. The minimum atomic E-state index is 0.197. The van der Waals surface area contributed by atoms with Crippen LogP contribution in [0.3, 0.4) is 0 Å². The maximum absolute atomic E-state index is 4.09. The molecule has 1 atom stereocenters. The quantitative estimate of drug-likeness (QED) is 0.549. The fourth-order valence-corrected chi connectivity index (χ4v) is 1.80. The van der Waals surface area contributed by atoms with Crippen molar-refractivity contribution >= 4 is 0 Å². The molecule has 118 valence electrons. The topological polar surface area (TPSA) is 24.1 Å². The average Bonchev–Trinajstić information content (AvgIpc) is 2.44. The molecule has 21 heavy (non-hydrogen) atoms. The van der Waals surface area contributed by atoms with Gasteiger partial charge in [0.1, 0.15) is 0 Å². The van der Waals surface area contributed by atoms with Crippen LogP contribution < -0.4 is 10.6 Å². The number of allylic oxidation sites excluding steroid dienone is 5. The molecule has 1 unspecified atom stereocenters. The number of hydrogen-bond donors (Lipinski definition) is 2. The minimum absolute atomic E-state index is 0.197. The van der Waals surface area contributed by atoms with Gasteiger partial charge in [0.2, 0.25) is 0 Å². The molecule has 0 fully saturated rings. The highest BCUT2D eigenvalue weighted by Crippen LogP contribution is 2.11. The summed E-state index contributed by atoms with van der Waals surface area (Å²) >= 11 is 0. The fraction of sp³-hybridized carbons (Fsp3) is 0.474. The molecular formula is C19H32N2. The van der Waals surface area contributed by atoms with Gasteiger partial charge in [0.15, 0.2) is 0 Å². The zero-order valence-corrected chi connectivity index (χ0v) is 14.4. The molecule has 0 radical (unpaired) electrons. The Hall–Kier alpha value is -1.70. The third-order valence-corrected chi connectivity index (χ3v) is 3.41. The van der Waals surface area contributed by atoms with Crippen molar-refractivity contribution in [3.05, 3.63) is 60.6 Å². The van der Waals surface area contributed by atoms with Gasteiger partial charge in [0.05, 0.1) is 6.04 Å². The van der Waals surface area contributed by atoms with E-state index >= 15 is 0 Å². The van der Waals surface area contributed by atoms with Gasteiger partial charge in [-0.2, -0.15) is 0 Å². The van der Waals surface area contributed by atoms with Gasteiger partial charge >= 0.3 is 0 Å². The van der Waals surface area contributed by atoms with E-state index in [0.717, 1.165) is 24.2 Å². The Morgan fingerprint density at radius 1 is 1.24 bits per heavy atom. The van der Waals surface area contributed by atoms with Crippen molar-refractivity contribution in [2.75, 3.05) is 0 Å². The second kappa shape index (κ2) is 11.0. The van der Waals surface area contributed by atoms with E-state index in [2.05, 4.69) is 69.7 Å². The molecule has 2 N–H and O–H groups in total. The lowest BCUT2D eigenvalue weighted by Crippen LogP contribution is -2.33. The summed E-state index contributed by atoms with van der Waals surface area (Å²) in [5.41, 5.74) is 3.42. The number of rotatable bonds is 10. The molecular weight excluding hydrogens is 256 g/mol. The summed E-state index contributed by atoms with van der Waals surface area (Å²) in [4.78, 5) is 0. The van der Waals surface area contributed by atoms with Gasteiger partial charge in [-0.1, -0.05) is 58.1 Å². The van der Waals surface area contributed by atoms with Crippen LogP contribution in [0, 0.1) is 5.92 Å². The first-order valence-corrected chi connectivity index (χ1v) is 7.80. The lowest BCUT2D eigenvalue weighted by atomic mass is 10.0. The third kappa shape index (κ3) is 8.23. The first kappa shape index (κ1) is 19.3. The second-order valence-corrected chi connectivity index (χ2v) is 5.55. The lowest BCUT2D eigenvalue weighted by molar-refractivity contribution is 0.569. The van der Waals surface area contributed by atoms with E-state index in [1.807, 2.05) is 13.0 Å². The summed E-state index contributed by atoms with van der Waals surface area (Å²) < 4.78 is 0. The summed E-state index contributed by atoms with van der Waals surface area (Å²) in [6.45, 7) is 18.6. The largest absolute Gasteiger partial charge is 0.377 e. The van der Waals surface area contributed by atoms with Crippen LogP contribution in [0.2, 0.25) is 0 Å². The first-order chi connectivity index (χ1) is 9.96. The first-order valence-electron chi connectivity index (χ1n) is 7.80. The Balaban J connectivity index is 5.09. The Bertz CT molecular complexity index is 411. The molecule has 0 aliphatic carbocycles. The molecule has 0 heterocycles. The summed E-state index contributed by atoms with van der Waals surface area (Å²) in [7, 11) is 0. The van der Waals surface area contributed by atoms with Crippen molar-refractivity contribution in [3.63, 3.8) is 0 Å². The monoisotopic (exact) mass is 288 g/mol. The van der Waals surface area contributed by atoms with Crippen molar-refractivity contribution in [3.8, 4) is 0 Å². The lowest BCUT2D eigenvalue weighted by Gasteiger charge is -2.22. The highest BCUT2D eigenvalue weighted by molar-refractivity contribution is 5.26. The molecule has 0 saturated carbocycles. The molecule has 2 nitrogen and oxygen atoms in total. The predicted octanol–water partition coefficient (Wildman–Crippen LogP) is 5.05. The maximum atomic E-state index is 4.09. The van der Waals surface area contributed by atoms with Crippen LogP contribution in [0.5, 0.6) is 0 Å². The Labute approximate surface area is 131 Å². The van der Waals surface area contributed by atoms with Crippen molar-refractivity contribution < 1.29 is 0 Å². The van der Waals surface area contributed by atoms with E-state index < -0.39 is 0 Å². The van der Waals surface area contributed by atoms with Gasteiger partial charge in [-0.15, -0.1) is 0 Å². The molecule has 0 aliphatic rings. The molecule has 0 bridgehead atoms. The Kier molecular flexibility index (Phi) is 10.1. The van der Waals surface area contributed by atoms with E-state index in [1.165, 1.54) is 5.57 Å². The van der Waals surface area contributed by atoms with Crippen LogP contribution in [-0.4, -0.2) is 6.04 Å². The van der Waals surface area contributed by atoms with Crippen molar-refractivity contribution in [2.45, 2.75) is 53.5 Å². The van der Waals surface area contributed by atoms with Gasteiger partial charge in [-0.05, 0) is 44.5 Å². The summed E-state index contributed by atoms with van der Waals surface area (Å²) in [5, 5.41) is 6.66. The SMILES string of the molecule is C=CNC(=C)C(CCC)NC(/C=C\C)=C/C=C(\C)C(C)C. The van der Waals surface area contributed by atoms with Crippen LogP contribution >= 0.6 is 0 Å². The maximum Gasteiger partial charge on any atom is 0.0656 e. The van der Waals surface area contributed by atoms with Gasteiger partial charge in [-0.25, -0.2) is 0 Å². The van der Waals surface area contributed by atoms with Crippen LogP contribution in [0.1, 0.15) is 47.5 Å². The summed E-state index contributed by atoms with van der Waals surface area (Å²) in [6, 6.07) is 0.197. The molecule has 0 saturated heterocycles. The Morgan fingerprint density at radius 3 is 2.38 bits per heavy atom. The second-order valence-electron chi connectivity index (χ2n) is 5.55. The van der Waals surface area contributed by atoms with Gasteiger partial charge in [0, 0.05) is 11.4 Å². The number of nitrogens with one attached hydrogen (secondary N) is 2. The van der Waals surface area contributed by atoms with E-state index in [0.29, 0.717) is 5.92 Å². The molecule has 0 amide bonds. The molecule has 0 rings (SSSR count). The zero-order valence-electron chi connectivity index (χ0n) is 14.4. The fourth-order valence-electron chi connectivity index (χ4n) is 1.80. The van der Waals surface area contributed by atoms with E-state index in [1.54, 1.807) is 6.20 Å². The van der Waals surface area contributed by atoms with Crippen LogP contribution in [0.15, 0.2) is 60.6 Å². The number of hydrogen-bond acceptors (Lipinski definition) is 2. The minimum Gasteiger partial charge on any atom is -0.377 e. The molecule has 2 heteroatoms. The summed E-state index contributed by atoms with van der Waals surface area (Å²) in [6.07, 6.45) is 12.3. The average molecular weight is 288 g/mol. The van der Waals surface area contributed by atoms with E-state index in [9.17, 15) is 0 Å². The molecule has 0 spiro atoms. The van der Waals surface area contributed by atoms with Gasteiger partial charge < -0.3 is 10.6 Å². The highest BCUT2D eigenvalue weighted by Gasteiger charge is 2.10. The molecule has 0 aliphatic heterocycles. The third-order valence-electron chi connectivity index (χ3n) is 3.41. The Morgan fingerprint density at radius 2 is 1.90 bits per heavy atom.